The highest BCUT2D eigenvalue weighted by Gasteiger charge is 2.49. The van der Waals surface area contributed by atoms with Crippen molar-refractivity contribution in [1.82, 2.24) is 15.6 Å². The van der Waals surface area contributed by atoms with E-state index in [2.05, 4.69) is 15.6 Å². The molecule has 0 unspecified atom stereocenters. The number of oxazole rings is 1. The molecule has 0 radical (unpaired) electrons. The second-order valence-electron chi connectivity index (χ2n) is 6.91. The number of amides is 1. The Kier molecular flexibility index (Phi) is 4.10. The number of fused-ring (bicyclic) bond motifs is 1. The van der Waals surface area contributed by atoms with Crippen molar-refractivity contribution < 1.29 is 9.21 Å². The molecule has 5 heteroatoms. The van der Waals surface area contributed by atoms with Gasteiger partial charge in [0.2, 0.25) is 5.91 Å². The van der Waals surface area contributed by atoms with Gasteiger partial charge in [-0.1, -0.05) is 43.2 Å². The zero-order valence-electron chi connectivity index (χ0n) is 13.8. The molecular weight excluding hydrogens is 302 g/mol. The number of hydrogen-bond donors (Lipinski definition) is 2. The van der Waals surface area contributed by atoms with Crippen molar-refractivity contribution in [1.29, 1.82) is 0 Å². The summed E-state index contributed by atoms with van der Waals surface area (Å²) in [6.07, 6.45) is 5.97. The van der Waals surface area contributed by atoms with E-state index in [1.807, 2.05) is 30.3 Å². The Morgan fingerprint density at radius 1 is 1.33 bits per heavy atom. The van der Waals surface area contributed by atoms with Crippen LogP contribution in [0.4, 0.5) is 0 Å². The summed E-state index contributed by atoms with van der Waals surface area (Å²) < 4.78 is 5.54. The predicted molar refractivity (Wildman–Crippen MR) is 91.0 cm³/mol. The lowest BCUT2D eigenvalue weighted by Gasteiger charge is -2.37. The van der Waals surface area contributed by atoms with Crippen LogP contribution in [0.15, 0.2) is 41.1 Å². The van der Waals surface area contributed by atoms with Crippen LogP contribution in [-0.4, -0.2) is 24.0 Å². The summed E-state index contributed by atoms with van der Waals surface area (Å²) >= 11 is 0. The standard InChI is InChI=1S/C19H23N3O2/c23-18(19-9-5-4-8-15(19)10-20-12-19)21-11-16-17(24-13-22-16)14-6-2-1-3-7-14/h1-3,6-7,13,15,20H,4-5,8-12H2,(H,21,23)/t15-,19+/m0/s1. The summed E-state index contributed by atoms with van der Waals surface area (Å²) in [6.45, 7) is 2.18. The molecule has 1 aliphatic heterocycles. The number of nitrogens with one attached hydrogen (secondary N) is 2. The molecule has 2 N–H and O–H groups in total. The lowest BCUT2D eigenvalue weighted by atomic mass is 9.67. The van der Waals surface area contributed by atoms with E-state index in [1.54, 1.807) is 0 Å². The average Bonchev–Trinajstić information content (AvgIpc) is 3.27. The van der Waals surface area contributed by atoms with Crippen LogP contribution in [-0.2, 0) is 11.3 Å². The van der Waals surface area contributed by atoms with Crippen LogP contribution in [0.5, 0.6) is 0 Å². The summed E-state index contributed by atoms with van der Waals surface area (Å²) in [5.41, 5.74) is 1.54. The summed E-state index contributed by atoms with van der Waals surface area (Å²) in [5, 5.41) is 6.55. The minimum Gasteiger partial charge on any atom is -0.443 e. The van der Waals surface area contributed by atoms with Crippen molar-refractivity contribution in [2.45, 2.75) is 32.2 Å². The van der Waals surface area contributed by atoms with E-state index in [9.17, 15) is 4.79 Å². The predicted octanol–water partition coefficient (Wildman–Crippen LogP) is 2.74. The number of aromatic nitrogens is 1. The van der Waals surface area contributed by atoms with E-state index in [0.717, 1.165) is 49.4 Å². The summed E-state index contributed by atoms with van der Waals surface area (Å²) in [4.78, 5) is 17.2. The van der Waals surface area contributed by atoms with E-state index in [-0.39, 0.29) is 11.3 Å². The van der Waals surface area contributed by atoms with Gasteiger partial charge in [-0.05, 0) is 25.3 Å². The quantitative estimate of drug-likeness (QED) is 0.907. The molecule has 1 aliphatic carbocycles. The average molecular weight is 325 g/mol. The second kappa shape index (κ2) is 6.40. The van der Waals surface area contributed by atoms with Crippen molar-refractivity contribution in [2.75, 3.05) is 13.1 Å². The van der Waals surface area contributed by atoms with Gasteiger partial charge in [0, 0.05) is 12.1 Å². The van der Waals surface area contributed by atoms with Gasteiger partial charge in [-0.25, -0.2) is 4.98 Å². The summed E-state index contributed by atoms with van der Waals surface area (Å²) in [5.74, 6) is 1.37. The topological polar surface area (TPSA) is 67.2 Å². The Hall–Kier alpha value is -2.14. The molecule has 1 aromatic carbocycles. The van der Waals surface area contributed by atoms with Gasteiger partial charge in [0.1, 0.15) is 5.69 Å². The normalized spacial score (nSPS) is 26.1. The number of hydrogen-bond acceptors (Lipinski definition) is 4. The molecule has 2 aliphatic rings. The van der Waals surface area contributed by atoms with Crippen molar-refractivity contribution in [3.63, 3.8) is 0 Å². The molecular formula is C19H23N3O2. The van der Waals surface area contributed by atoms with Gasteiger partial charge in [0.15, 0.2) is 12.2 Å². The highest BCUT2D eigenvalue weighted by molar-refractivity contribution is 5.84. The number of carbonyl (C=O) groups is 1. The maximum Gasteiger partial charge on any atom is 0.228 e. The van der Waals surface area contributed by atoms with Crippen LogP contribution in [0.2, 0.25) is 0 Å². The fourth-order valence-electron chi connectivity index (χ4n) is 4.25. The minimum atomic E-state index is -0.227. The number of benzene rings is 1. The highest BCUT2D eigenvalue weighted by atomic mass is 16.3. The maximum absolute atomic E-state index is 12.9. The van der Waals surface area contributed by atoms with Gasteiger partial charge >= 0.3 is 0 Å². The first-order valence-corrected chi connectivity index (χ1v) is 8.76. The number of rotatable bonds is 4. The molecule has 1 aromatic heterocycles. The van der Waals surface area contributed by atoms with E-state index in [4.69, 9.17) is 4.42 Å². The molecule has 2 atom stereocenters. The molecule has 1 saturated carbocycles. The first-order valence-electron chi connectivity index (χ1n) is 8.76. The van der Waals surface area contributed by atoms with Gasteiger partial charge in [0.05, 0.1) is 12.0 Å². The van der Waals surface area contributed by atoms with Crippen LogP contribution >= 0.6 is 0 Å². The van der Waals surface area contributed by atoms with Crippen molar-refractivity contribution >= 4 is 5.91 Å². The molecule has 0 spiro atoms. The summed E-state index contributed by atoms with van der Waals surface area (Å²) in [6, 6.07) is 9.88. The van der Waals surface area contributed by atoms with Crippen LogP contribution in [0.3, 0.4) is 0 Å². The fourth-order valence-corrected chi connectivity index (χ4v) is 4.25. The van der Waals surface area contributed by atoms with Gasteiger partial charge in [0.25, 0.3) is 0 Å². The van der Waals surface area contributed by atoms with Crippen LogP contribution in [0.25, 0.3) is 11.3 Å². The number of nitrogens with zero attached hydrogens (tertiary/aromatic N) is 1. The monoisotopic (exact) mass is 325 g/mol. The highest BCUT2D eigenvalue weighted by Crippen LogP contribution is 2.44. The SMILES string of the molecule is O=C(NCc1ncoc1-c1ccccc1)[C@@]12CCCC[C@H]1CNC2. The maximum atomic E-state index is 12.9. The summed E-state index contributed by atoms with van der Waals surface area (Å²) in [7, 11) is 0. The first kappa shape index (κ1) is 15.4. The molecule has 1 saturated heterocycles. The van der Waals surface area contributed by atoms with E-state index >= 15 is 0 Å². The first-order chi connectivity index (χ1) is 11.8. The molecule has 2 aromatic rings. The van der Waals surface area contributed by atoms with Crippen LogP contribution in [0.1, 0.15) is 31.4 Å². The molecule has 5 nitrogen and oxygen atoms in total. The molecule has 4 rings (SSSR count). The van der Waals surface area contributed by atoms with Crippen molar-refractivity contribution in [3.05, 3.63) is 42.4 Å². The molecule has 2 heterocycles. The fraction of sp³-hybridized carbons (Fsp3) is 0.474. The Morgan fingerprint density at radius 2 is 2.21 bits per heavy atom. The molecule has 1 amide bonds. The van der Waals surface area contributed by atoms with Crippen molar-refractivity contribution in [3.8, 4) is 11.3 Å². The smallest absolute Gasteiger partial charge is 0.228 e. The van der Waals surface area contributed by atoms with E-state index in [0.29, 0.717) is 12.5 Å². The van der Waals surface area contributed by atoms with Crippen LogP contribution in [0, 0.1) is 11.3 Å². The zero-order chi connectivity index (χ0) is 16.4. The van der Waals surface area contributed by atoms with Crippen LogP contribution < -0.4 is 10.6 Å². The van der Waals surface area contributed by atoms with Gasteiger partial charge in [-0.2, -0.15) is 0 Å². The van der Waals surface area contributed by atoms with Gasteiger partial charge < -0.3 is 15.1 Å². The molecule has 0 bridgehead atoms. The van der Waals surface area contributed by atoms with Gasteiger partial charge in [-0.15, -0.1) is 0 Å². The minimum absolute atomic E-state index is 0.166. The third-order valence-electron chi connectivity index (χ3n) is 5.58. The van der Waals surface area contributed by atoms with E-state index < -0.39 is 0 Å². The Morgan fingerprint density at radius 3 is 3.08 bits per heavy atom. The largest absolute Gasteiger partial charge is 0.443 e. The molecule has 24 heavy (non-hydrogen) atoms. The second-order valence-corrected chi connectivity index (χ2v) is 6.91. The lowest BCUT2D eigenvalue weighted by Crippen LogP contribution is -2.47. The Balaban J connectivity index is 1.48. The molecule has 2 fully saturated rings. The number of carbonyl (C=O) groups excluding carboxylic acids is 1. The lowest BCUT2D eigenvalue weighted by molar-refractivity contribution is -0.134. The Labute approximate surface area is 141 Å². The Bertz CT molecular complexity index is 712. The van der Waals surface area contributed by atoms with Crippen molar-refractivity contribution in [2.24, 2.45) is 11.3 Å². The molecule has 126 valence electrons. The third kappa shape index (κ3) is 2.63. The zero-order valence-corrected chi connectivity index (χ0v) is 13.8. The third-order valence-corrected chi connectivity index (χ3v) is 5.58. The van der Waals surface area contributed by atoms with E-state index in [1.165, 1.54) is 12.8 Å². The van der Waals surface area contributed by atoms with Gasteiger partial charge in [-0.3, -0.25) is 4.79 Å².